The van der Waals surface area contributed by atoms with Crippen LogP contribution in [0.1, 0.15) is 88.8 Å². The first-order valence-electron chi connectivity index (χ1n) is 10.1. The Labute approximate surface area is 165 Å². The first-order valence-corrected chi connectivity index (χ1v) is 10.1. The van der Waals surface area contributed by atoms with Gasteiger partial charge in [0.05, 0.1) is 0 Å². The van der Waals surface area contributed by atoms with E-state index in [0.717, 1.165) is 35.1 Å². The Bertz CT molecular complexity index is 818. The first kappa shape index (κ1) is 21.3. The fourth-order valence-electron chi connectivity index (χ4n) is 3.65. The Kier molecular flexibility index (Phi) is 5.99. The Morgan fingerprint density at radius 1 is 0.667 bits per heavy atom. The van der Waals surface area contributed by atoms with Crippen LogP contribution in [0.2, 0.25) is 0 Å². The Balaban J connectivity index is 2.59. The number of phenols is 2. The summed E-state index contributed by atoms with van der Waals surface area (Å²) in [7, 11) is 0. The van der Waals surface area contributed by atoms with E-state index < -0.39 is 0 Å². The fourth-order valence-corrected chi connectivity index (χ4v) is 3.65. The second kappa shape index (κ2) is 7.58. The molecule has 0 aliphatic carbocycles. The van der Waals surface area contributed by atoms with Gasteiger partial charge in [0, 0.05) is 6.42 Å². The van der Waals surface area contributed by atoms with E-state index in [1.165, 1.54) is 11.1 Å². The molecule has 0 atom stereocenters. The quantitative estimate of drug-likeness (QED) is 0.655. The largest absolute Gasteiger partial charge is 0.508 e. The van der Waals surface area contributed by atoms with Crippen molar-refractivity contribution in [2.45, 2.75) is 85.5 Å². The van der Waals surface area contributed by atoms with Crippen molar-refractivity contribution in [3.05, 3.63) is 57.6 Å². The van der Waals surface area contributed by atoms with Gasteiger partial charge in [0.2, 0.25) is 0 Å². The maximum Gasteiger partial charge on any atom is 0.122 e. The molecule has 0 heterocycles. The molecule has 148 valence electrons. The number of hydrogen-bond acceptors (Lipinski definition) is 2. The minimum absolute atomic E-state index is 0.101. The fraction of sp³-hybridized carbons (Fsp3) is 0.520. The summed E-state index contributed by atoms with van der Waals surface area (Å²) in [4.78, 5) is 0. The van der Waals surface area contributed by atoms with Gasteiger partial charge in [0.15, 0.2) is 0 Å². The highest BCUT2D eigenvalue weighted by Crippen LogP contribution is 2.38. The predicted molar refractivity (Wildman–Crippen MR) is 115 cm³/mol. The second-order valence-electron chi connectivity index (χ2n) is 9.67. The van der Waals surface area contributed by atoms with Crippen molar-refractivity contribution in [1.82, 2.24) is 0 Å². The molecule has 0 saturated carbocycles. The van der Waals surface area contributed by atoms with E-state index in [0.29, 0.717) is 17.9 Å². The van der Waals surface area contributed by atoms with Gasteiger partial charge in [-0.15, -0.1) is 0 Å². The molecule has 2 aromatic carbocycles. The molecule has 2 N–H and O–H groups in total. The van der Waals surface area contributed by atoms with Crippen molar-refractivity contribution in [2.75, 3.05) is 0 Å². The van der Waals surface area contributed by atoms with Gasteiger partial charge in [-0.25, -0.2) is 0 Å². The van der Waals surface area contributed by atoms with Crippen molar-refractivity contribution in [2.24, 2.45) is 0 Å². The van der Waals surface area contributed by atoms with Crippen molar-refractivity contribution < 1.29 is 10.2 Å². The van der Waals surface area contributed by atoms with Crippen LogP contribution >= 0.6 is 0 Å². The lowest BCUT2D eigenvalue weighted by molar-refractivity contribution is 0.439. The summed E-state index contributed by atoms with van der Waals surface area (Å²) in [6.45, 7) is 17.0. The van der Waals surface area contributed by atoms with E-state index in [9.17, 15) is 10.2 Å². The van der Waals surface area contributed by atoms with Crippen molar-refractivity contribution in [3.8, 4) is 11.5 Å². The van der Waals surface area contributed by atoms with Gasteiger partial charge in [-0.05, 0) is 63.1 Å². The van der Waals surface area contributed by atoms with Gasteiger partial charge in [-0.3, -0.25) is 0 Å². The van der Waals surface area contributed by atoms with Crippen LogP contribution in [0.15, 0.2) is 24.3 Å². The number of rotatable bonds is 4. The highest BCUT2D eigenvalue weighted by Gasteiger charge is 2.23. The van der Waals surface area contributed by atoms with Crippen LogP contribution in [0.5, 0.6) is 11.5 Å². The molecule has 0 bridgehead atoms. The van der Waals surface area contributed by atoms with Crippen LogP contribution in [0, 0.1) is 0 Å². The van der Waals surface area contributed by atoms with Crippen LogP contribution in [-0.2, 0) is 30.1 Å². The highest BCUT2D eigenvalue weighted by atomic mass is 16.3. The summed E-state index contributed by atoms with van der Waals surface area (Å²) in [5, 5.41) is 21.6. The lowest BCUT2D eigenvalue weighted by Gasteiger charge is -2.25. The SMILES string of the molecule is CCc1cc(Cc2cc(O)c(C(C)(C)C)cc2CC)c(O)c(C(C)(C)C)c1. The molecule has 0 fully saturated rings. The number of phenolic OH excluding ortho intramolecular Hbond substituents is 2. The van der Waals surface area contributed by atoms with E-state index in [1.54, 1.807) is 0 Å². The van der Waals surface area contributed by atoms with Crippen LogP contribution in [0.25, 0.3) is 0 Å². The lowest BCUT2D eigenvalue weighted by atomic mass is 9.81. The van der Waals surface area contributed by atoms with Crippen LogP contribution in [-0.4, -0.2) is 10.2 Å². The highest BCUT2D eigenvalue weighted by molar-refractivity contribution is 5.52. The van der Waals surface area contributed by atoms with Gasteiger partial charge in [0.25, 0.3) is 0 Å². The van der Waals surface area contributed by atoms with Crippen molar-refractivity contribution in [3.63, 3.8) is 0 Å². The Morgan fingerprint density at radius 3 is 1.74 bits per heavy atom. The molecule has 2 heteroatoms. The van der Waals surface area contributed by atoms with E-state index >= 15 is 0 Å². The molecule has 27 heavy (non-hydrogen) atoms. The van der Waals surface area contributed by atoms with Crippen LogP contribution < -0.4 is 0 Å². The average Bonchev–Trinajstić information content (AvgIpc) is 2.54. The number of benzene rings is 2. The minimum atomic E-state index is -0.115. The molecular formula is C25H36O2. The zero-order valence-corrected chi connectivity index (χ0v) is 18.3. The van der Waals surface area contributed by atoms with Crippen molar-refractivity contribution >= 4 is 0 Å². The third-order valence-electron chi connectivity index (χ3n) is 5.35. The van der Waals surface area contributed by atoms with Crippen LogP contribution in [0.3, 0.4) is 0 Å². The molecule has 0 saturated heterocycles. The topological polar surface area (TPSA) is 40.5 Å². The summed E-state index contributed by atoms with van der Waals surface area (Å²) < 4.78 is 0. The molecule has 0 unspecified atom stereocenters. The summed E-state index contributed by atoms with van der Waals surface area (Å²) in [6.07, 6.45) is 2.47. The Hall–Kier alpha value is -1.96. The van der Waals surface area contributed by atoms with Gasteiger partial charge < -0.3 is 10.2 Å². The third kappa shape index (κ3) is 4.66. The molecule has 2 rings (SSSR count). The molecular weight excluding hydrogens is 332 g/mol. The molecule has 2 aromatic rings. The molecule has 0 aliphatic heterocycles. The summed E-state index contributed by atoms with van der Waals surface area (Å²) >= 11 is 0. The molecule has 2 nitrogen and oxygen atoms in total. The molecule has 0 spiro atoms. The molecule has 0 aromatic heterocycles. The van der Waals surface area contributed by atoms with Gasteiger partial charge >= 0.3 is 0 Å². The van der Waals surface area contributed by atoms with Gasteiger partial charge in [-0.2, -0.15) is 0 Å². The Morgan fingerprint density at radius 2 is 1.26 bits per heavy atom. The zero-order chi connectivity index (χ0) is 20.6. The van der Waals surface area contributed by atoms with E-state index in [-0.39, 0.29) is 10.8 Å². The lowest BCUT2D eigenvalue weighted by Crippen LogP contribution is -2.14. The molecule has 0 amide bonds. The van der Waals surface area contributed by atoms with E-state index in [1.807, 2.05) is 6.07 Å². The third-order valence-corrected chi connectivity index (χ3v) is 5.35. The van der Waals surface area contributed by atoms with Gasteiger partial charge in [0.1, 0.15) is 11.5 Å². The maximum atomic E-state index is 11.0. The second-order valence-corrected chi connectivity index (χ2v) is 9.67. The molecule has 0 radical (unpaired) electrons. The van der Waals surface area contributed by atoms with Crippen LogP contribution in [0.4, 0.5) is 0 Å². The van der Waals surface area contributed by atoms with E-state index in [4.69, 9.17) is 0 Å². The zero-order valence-electron chi connectivity index (χ0n) is 18.3. The maximum absolute atomic E-state index is 11.0. The first-order chi connectivity index (χ1) is 12.4. The summed E-state index contributed by atoms with van der Waals surface area (Å²) in [5.74, 6) is 0.734. The monoisotopic (exact) mass is 368 g/mol. The normalized spacial score (nSPS) is 12.4. The average molecular weight is 369 g/mol. The van der Waals surface area contributed by atoms with Gasteiger partial charge in [-0.1, -0.05) is 73.6 Å². The number of aryl methyl sites for hydroxylation is 2. The number of hydrogen-bond donors (Lipinski definition) is 2. The summed E-state index contributed by atoms with van der Waals surface area (Å²) in [6, 6.07) is 8.27. The smallest absolute Gasteiger partial charge is 0.122 e. The standard InChI is InChI=1S/C25H36O2/c1-9-16-11-19(23(27)21(12-16)25(6,7)8)13-18-15-22(26)20(24(3,4)5)14-17(18)10-2/h11-12,14-15,26-27H,9-10,13H2,1-8H3. The van der Waals surface area contributed by atoms with Crippen molar-refractivity contribution in [1.29, 1.82) is 0 Å². The minimum Gasteiger partial charge on any atom is -0.508 e. The van der Waals surface area contributed by atoms with E-state index in [2.05, 4.69) is 73.6 Å². The predicted octanol–water partition coefficient (Wildman–Crippen LogP) is 6.41. The molecule has 0 aliphatic rings. The number of aromatic hydroxyl groups is 2. The summed E-state index contributed by atoms with van der Waals surface area (Å²) in [5.41, 5.74) is 6.25.